The predicted molar refractivity (Wildman–Crippen MR) is 65.3 cm³/mol. The number of aromatic hydroxyl groups is 2. The van der Waals surface area contributed by atoms with Crippen molar-refractivity contribution in [1.82, 2.24) is 19.7 Å². The summed E-state index contributed by atoms with van der Waals surface area (Å²) in [5, 5.41) is 23.0. The zero-order valence-electron chi connectivity index (χ0n) is 9.98. The summed E-state index contributed by atoms with van der Waals surface area (Å²) < 4.78 is 6.83. The van der Waals surface area contributed by atoms with E-state index in [0.29, 0.717) is 11.6 Å². The van der Waals surface area contributed by atoms with Crippen molar-refractivity contribution in [3.63, 3.8) is 0 Å². The molecule has 2 N–H and O–H groups in total. The third-order valence-corrected chi connectivity index (χ3v) is 2.69. The van der Waals surface area contributed by atoms with Gasteiger partial charge in [0.1, 0.15) is 0 Å². The lowest BCUT2D eigenvalue weighted by Gasteiger charge is -2.00. The molecule has 7 nitrogen and oxygen atoms in total. The van der Waals surface area contributed by atoms with Gasteiger partial charge in [-0.05, 0) is 12.1 Å². The molecular formula is C12H10N4O3. The fourth-order valence-corrected chi connectivity index (χ4v) is 1.71. The van der Waals surface area contributed by atoms with Crippen LogP contribution in [0.1, 0.15) is 0 Å². The molecule has 7 heteroatoms. The smallest absolute Gasteiger partial charge is 0.262 e. The van der Waals surface area contributed by atoms with E-state index in [4.69, 9.17) is 4.52 Å². The first-order chi connectivity index (χ1) is 9.16. The van der Waals surface area contributed by atoms with Gasteiger partial charge in [-0.2, -0.15) is 4.98 Å². The Hall–Kier alpha value is -2.83. The zero-order chi connectivity index (χ0) is 13.4. The molecule has 2 heterocycles. The first-order valence-electron chi connectivity index (χ1n) is 5.49. The molecule has 1 aromatic carbocycles. The van der Waals surface area contributed by atoms with Crippen molar-refractivity contribution in [2.45, 2.75) is 0 Å². The molecule has 0 amide bonds. The van der Waals surface area contributed by atoms with E-state index in [0.717, 1.165) is 0 Å². The fourth-order valence-electron chi connectivity index (χ4n) is 1.71. The average molecular weight is 258 g/mol. The maximum absolute atomic E-state index is 9.75. The summed E-state index contributed by atoms with van der Waals surface area (Å²) in [7, 11) is 1.81. The van der Waals surface area contributed by atoms with E-state index in [2.05, 4.69) is 15.1 Å². The number of benzene rings is 1. The number of nitrogens with zero attached hydrogens (tertiary/aromatic N) is 4. The van der Waals surface area contributed by atoms with Gasteiger partial charge in [0.05, 0.1) is 5.56 Å². The van der Waals surface area contributed by atoms with Crippen molar-refractivity contribution >= 4 is 0 Å². The second-order valence-corrected chi connectivity index (χ2v) is 3.96. The molecule has 0 aliphatic heterocycles. The number of phenols is 2. The van der Waals surface area contributed by atoms with Crippen LogP contribution in [0.25, 0.3) is 23.1 Å². The van der Waals surface area contributed by atoms with Crippen molar-refractivity contribution in [3.8, 4) is 34.6 Å². The van der Waals surface area contributed by atoms with Crippen LogP contribution in [-0.4, -0.2) is 29.9 Å². The first kappa shape index (κ1) is 11.3. The molecule has 0 fully saturated rings. The van der Waals surface area contributed by atoms with Gasteiger partial charge in [-0.1, -0.05) is 11.2 Å². The van der Waals surface area contributed by atoms with Crippen molar-refractivity contribution in [3.05, 3.63) is 30.6 Å². The maximum atomic E-state index is 9.75. The lowest BCUT2D eigenvalue weighted by Crippen LogP contribution is -1.92. The summed E-state index contributed by atoms with van der Waals surface area (Å²) in [4.78, 5) is 8.25. The molecular weight excluding hydrogens is 248 g/mol. The number of rotatable bonds is 2. The van der Waals surface area contributed by atoms with Gasteiger partial charge in [-0.25, -0.2) is 4.98 Å². The van der Waals surface area contributed by atoms with E-state index in [1.165, 1.54) is 6.07 Å². The van der Waals surface area contributed by atoms with Crippen LogP contribution >= 0.6 is 0 Å². The number of phenolic OH excluding ortho intramolecular Hbond substituents is 2. The van der Waals surface area contributed by atoms with E-state index in [9.17, 15) is 10.2 Å². The first-order valence-corrected chi connectivity index (χ1v) is 5.49. The minimum absolute atomic E-state index is 0.117. The van der Waals surface area contributed by atoms with Crippen LogP contribution in [0, 0.1) is 0 Å². The standard InChI is InChI=1S/C12H10N4O3/c1-16-6-5-13-11(16)10-14-12(19-15-10)7-3-2-4-8(17)9(7)18/h2-6,17-18H,1H3. The Bertz CT molecular complexity index is 732. The topological polar surface area (TPSA) is 97.2 Å². The Morgan fingerprint density at radius 1 is 1.26 bits per heavy atom. The number of hydrogen-bond donors (Lipinski definition) is 2. The molecule has 0 aliphatic carbocycles. The van der Waals surface area contributed by atoms with Crippen molar-refractivity contribution in [1.29, 1.82) is 0 Å². The molecule has 3 rings (SSSR count). The third kappa shape index (κ3) is 1.81. The molecule has 0 saturated heterocycles. The van der Waals surface area contributed by atoms with Crippen LogP contribution in [0.15, 0.2) is 35.1 Å². The molecule has 0 unspecified atom stereocenters. The monoisotopic (exact) mass is 258 g/mol. The molecule has 3 aromatic rings. The van der Waals surface area contributed by atoms with Crippen LogP contribution in [0.4, 0.5) is 0 Å². The summed E-state index contributed by atoms with van der Waals surface area (Å²) >= 11 is 0. The van der Waals surface area contributed by atoms with Gasteiger partial charge in [0.15, 0.2) is 17.3 Å². The summed E-state index contributed by atoms with van der Waals surface area (Å²) in [6.07, 6.45) is 3.38. The second kappa shape index (κ2) is 4.13. The maximum Gasteiger partial charge on any atom is 0.262 e. The Balaban J connectivity index is 2.07. The normalized spacial score (nSPS) is 10.8. The Kier molecular flexibility index (Phi) is 2.45. The van der Waals surface area contributed by atoms with Gasteiger partial charge < -0.3 is 19.3 Å². The highest BCUT2D eigenvalue weighted by molar-refractivity contribution is 5.67. The van der Waals surface area contributed by atoms with Gasteiger partial charge in [-0.3, -0.25) is 0 Å². The molecule has 19 heavy (non-hydrogen) atoms. The summed E-state index contributed by atoms with van der Waals surface area (Å²) in [5.74, 6) is 0.443. The fraction of sp³-hybridized carbons (Fsp3) is 0.0833. The van der Waals surface area contributed by atoms with E-state index in [1.807, 2.05) is 7.05 Å². The number of imidazole rings is 1. The van der Waals surface area contributed by atoms with Crippen LogP contribution in [-0.2, 0) is 7.05 Å². The number of para-hydroxylation sites is 1. The van der Waals surface area contributed by atoms with Crippen LogP contribution in [0.3, 0.4) is 0 Å². The number of aryl methyl sites for hydroxylation is 1. The number of aromatic nitrogens is 4. The molecule has 0 bridgehead atoms. The van der Waals surface area contributed by atoms with Gasteiger partial charge in [0, 0.05) is 19.4 Å². The molecule has 96 valence electrons. The predicted octanol–water partition coefficient (Wildman–Crippen LogP) is 1.55. The van der Waals surface area contributed by atoms with Crippen molar-refractivity contribution in [2.24, 2.45) is 7.05 Å². The Morgan fingerprint density at radius 3 is 2.84 bits per heavy atom. The van der Waals surface area contributed by atoms with E-state index >= 15 is 0 Å². The molecule has 2 aromatic heterocycles. The van der Waals surface area contributed by atoms with Crippen LogP contribution in [0.2, 0.25) is 0 Å². The van der Waals surface area contributed by atoms with Crippen LogP contribution in [0.5, 0.6) is 11.5 Å². The summed E-state index contributed by atoms with van der Waals surface area (Å²) in [6.45, 7) is 0. The Morgan fingerprint density at radius 2 is 2.11 bits per heavy atom. The van der Waals surface area contributed by atoms with E-state index in [1.54, 1.807) is 29.1 Å². The highest BCUT2D eigenvalue weighted by atomic mass is 16.5. The summed E-state index contributed by atoms with van der Waals surface area (Å²) in [5.41, 5.74) is 0.271. The highest BCUT2D eigenvalue weighted by Crippen LogP contribution is 2.35. The average Bonchev–Trinajstić information content (AvgIpc) is 3.01. The molecule has 0 atom stereocenters. The lowest BCUT2D eigenvalue weighted by molar-refractivity contribution is 0.397. The van der Waals surface area contributed by atoms with Gasteiger partial charge >= 0.3 is 0 Å². The molecule has 0 aliphatic rings. The second-order valence-electron chi connectivity index (χ2n) is 3.96. The van der Waals surface area contributed by atoms with E-state index < -0.39 is 0 Å². The van der Waals surface area contributed by atoms with Crippen molar-refractivity contribution in [2.75, 3.05) is 0 Å². The van der Waals surface area contributed by atoms with E-state index in [-0.39, 0.29) is 23.0 Å². The van der Waals surface area contributed by atoms with Crippen LogP contribution < -0.4 is 0 Å². The largest absolute Gasteiger partial charge is 0.504 e. The van der Waals surface area contributed by atoms with Crippen molar-refractivity contribution < 1.29 is 14.7 Å². The molecule has 0 spiro atoms. The third-order valence-electron chi connectivity index (χ3n) is 2.69. The SMILES string of the molecule is Cn1ccnc1-c1noc(-c2cccc(O)c2O)n1. The van der Waals surface area contributed by atoms with Gasteiger partial charge in [0.25, 0.3) is 5.89 Å². The zero-order valence-corrected chi connectivity index (χ0v) is 9.98. The lowest BCUT2D eigenvalue weighted by atomic mass is 10.2. The molecule has 0 saturated carbocycles. The van der Waals surface area contributed by atoms with Gasteiger partial charge in [-0.15, -0.1) is 0 Å². The van der Waals surface area contributed by atoms with Gasteiger partial charge in [0.2, 0.25) is 5.82 Å². The number of hydrogen-bond acceptors (Lipinski definition) is 6. The summed E-state index contributed by atoms with van der Waals surface area (Å²) in [6, 6.07) is 4.52. The Labute approximate surface area is 107 Å². The highest BCUT2D eigenvalue weighted by Gasteiger charge is 2.17. The quantitative estimate of drug-likeness (QED) is 0.677. The minimum atomic E-state index is -0.294. The molecule has 0 radical (unpaired) electrons. The minimum Gasteiger partial charge on any atom is -0.504 e.